The van der Waals surface area contributed by atoms with Crippen molar-refractivity contribution in [2.75, 3.05) is 5.88 Å². The lowest BCUT2D eigenvalue weighted by molar-refractivity contribution is -0.213. The van der Waals surface area contributed by atoms with Crippen LogP contribution in [-0.2, 0) is 14.3 Å². The smallest absolute Gasteiger partial charge is 0.303 e. The summed E-state index contributed by atoms with van der Waals surface area (Å²) in [6, 6.07) is 0. The lowest BCUT2D eigenvalue weighted by Gasteiger charge is -2.49. The van der Waals surface area contributed by atoms with Gasteiger partial charge in [0.1, 0.15) is 11.7 Å². The minimum atomic E-state index is -1.01. The molecule has 1 N–H and O–H groups in total. The van der Waals surface area contributed by atoms with E-state index in [0.717, 1.165) is 38.5 Å². The molecule has 0 aromatic carbocycles. The number of ether oxygens (including phenoxy) is 2. The highest BCUT2D eigenvalue weighted by atomic mass is 35.5. The fraction of sp³-hybridized carbons (Fsp3) is 0.773. The molecule has 154 valence electrons. The van der Waals surface area contributed by atoms with Gasteiger partial charge in [-0.05, 0) is 66.2 Å². The Morgan fingerprint density at radius 1 is 1.37 bits per heavy atom. The van der Waals surface area contributed by atoms with E-state index >= 15 is 0 Å². The monoisotopic (exact) mass is 398 g/mol. The predicted molar refractivity (Wildman–Crippen MR) is 109 cm³/mol. The number of allylic oxidation sites excluding steroid dienone is 3. The van der Waals surface area contributed by atoms with Gasteiger partial charge in [0.15, 0.2) is 0 Å². The second-order valence-corrected chi connectivity index (χ2v) is 9.04. The summed E-state index contributed by atoms with van der Waals surface area (Å²) in [7, 11) is 0. The molecule has 0 radical (unpaired) electrons. The van der Waals surface area contributed by atoms with E-state index in [-0.39, 0.29) is 30.0 Å². The number of carbonyl (C=O) groups excluding carboxylic acids is 1. The largest absolute Gasteiger partial charge is 0.459 e. The van der Waals surface area contributed by atoms with E-state index in [0.29, 0.717) is 0 Å². The van der Waals surface area contributed by atoms with Gasteiger partial charge in [0.2, 0.25) is 0 Å². The van der Waals surface area contributed by atoms with Crippen molar-refractivity contribution in [1.82, 2.24) is 0 Å². The quantitative estimate of drug-likeness (QED) is 0.416. The van der Waals surface area contributed by atoms with E-state index in [4.69, 9.17) is 21.1 Å². The molecule has 1 saturated heterocycles. The third kappa shape index (κ3) is 5.82. The Hall–Kier alpha value is -0.840. The third-order valence-electron chi connectivity index (χ3n) is 6.09. The highest BCUT2D eigenvalue weighted by Gasteiger charge is 2.49. The number of hydrogen-bond donors (Lipinski definition) is 1. The summed E-state index contributed by atoms with van der Waals surface area (Å²) in [6.07, 6.45) is 8.91. The summed E-state index contributed by atoms with van der Waals surface area (Å²) < 4.78 is 12.3. The first-order chi connectivity index (χ1) is 12.6. The maximum absolute atomic E-state index is 11.7. The maximum atomic E-state index is 11.7. The molecule has 2 bridgehead atoms. The highest BCUT2D eigenvalue weighted by Crippen LogP contribution is 2.43. The minimum absolute atomic E-state index is 0.0868. The van der Waals surface area contributed by atoms with Gasteiger partial charge in [-0.15, -0.1) is 11.6 Å². The van der Waals surface area contributed by atoms with Crippen LogP contribution in [-0.4, -0.2) is 40.4 Å². The summed E-state index contributed by atoms with van der Waals surface area (Å²) in [5.41, 5.74) is 0.980. The molecule has 0 aromatic rings. The van der Waals surface area contributed by atoms with Crippen LogP contribution in [0.15, 0.2) is 23.3 Å². The number of esters is 1. The van der Waals surface area contributed by atoms with E-state index in [9.17, 15) is 9.90 Å². The number of fused-ring (bicyclic) bond motifs is 2. The standard InChI is InChI=1S/C22H35ClO4/c1-15-7-6-8-16(2)13-19-18(21(4,25)14-23)11-12-22(5,27-19)20(10-9-15)26-17(3)24/h7,13,18-20,25H,6,8-12,14H2,1-5H3/b15-7-,16-13-/t18-,19+,20+,21-,22+/m0/s1. The van der Waals surface area contributed by atoms with Crippen molar-refractivity contribution in [1.29, 1.82) is 0 Å². The van der Waals surface area contributed by atoms with Crippen LogP contribution >= 0.6 is 11.6 Å². The van der Waals surface area contributed by atoms with Crippen LogP contribution in [0.1, 0.15) is 73.1 Å². The van der Waals surface area contributed by atoms with Gasteiger partial charge in [0, 0.05) is 12.8 Å². The van der Waals surface area contributed by atoms with Crippen molar-refractivity contribution in [3.63, 3.8) is 0 Å². The van der Waals surface area contributed by atoms with Crippen molar-refractivity contribution in [3.8, 4) is 0 Å². The molecule has 0 unspecified atom stereocenters. The summed E-state index contributed by atoms with van der Waals surface area (Å²) >= 11 is 6.06. The first kappa shape index (κ1) is 22.4. The highest BCUT2D eigenvalue weighted by molar-refractivity contribution is 6.18. The predicted octanol–water partition coefficient (Wildman–Crippen LogP) is 4.93. The van der Waals surface area contributed by atoms with Crippen molar-refractivity contribution in [2.24, 2.45) is 5.92 Å². The summed E-state index contributed by atoms with van der Waals surface area (Å²) in [6.45, 7) is 9.52. The molecule has 27 heavy (non-hydrogen) atoms. The Morgan fingerprint density at radius 3 is 2.70 bits per heavy atom. The zero-order valence-corrected chi connectivity index (χ0v) is 18.1. The van der Waals surface area contributed by atoms with Gasteiger partial charge in [0.05, 0.1) is 17.6 Å². The Bertz CT molecular complexity index is 595. The topological polar surface area (TPSA) is 55.8 Å². The van der Waals surface area contributed by atoms with Crippen LogP contribution in [0.4, 0.5) is 0 Å². The van der Waals surface area contributed by atoms with Gasteiger partial charge >= 0.3 is 5.97 Å². The molecular weight excluding hydrogens is 364 g/mol. The van der Waals surface area contributed by atoms with Crippen LogP contribution < -0.4 is 0 Å². The SMILES string of the molecule is CC(=O)O[C@@H]1CC/C(C)=C\CC/C(C)=C\[C@H]2O[C@]1(C)CC[C@@H]2[C@@](C)(O)CCl. The zero-order valence-electron chi connectivity index (χ0n) is 17.4. The molecule has 0 aromatic heterocycles. The lowest BCUT2D eigenvalue weighted by Crippen LogP contribution is -2.56. The molecule has 0 spiro atoms. The normalized spacial score (nSPS) is 38.9. The molecule has 2 rings (SSSR count). The molecule has 2 aliphatic rings. The second kappa shape index (κ2) is 9.11. The summed E-state index contributed by atoms with van der Waals surface area (Å²) in [4.78, 5) is 11.7. The van der Waals surface area contributed by atoms with E-state index in [1.54, 1.807) is 6.92 Å². The molecule has 0 saturated carbocycles. The second-order valence-electron chi connectivity index (χ2n) is 8.77. The van der Waals surface area contributed by atoms with Crippen molar-refractivity contribution in [3.05, 3.63) is 23.3 Å². The molecule has 2 aliphatic heterocycles. The van der Waals surface area contributed by atoms with Crippen LogP contribution in [0, 0.1) is 5.92 Å². The Labute approximate surface area is 168 Å². The van der Waals surface area contributed by atoms with E-state index in [2.05, 4.69) is 26.0 Å². The van der Waals surface area contributed by atoms with Crippen LogP contribution in [0.5, 0.6) is 0 Å². The van der Waals surface area contributed by atoms with Crippen molar-refractivity contribution < 1.29 is 19.4 Å². The third-order valence-corrected chi connectivity index (χ3v) is 6.63. The molecule has 2 heterocycles. The number of rotatable bonds is 3. The molecule has 5 atom stereocenters. The Morgan fingerprint density at radius 2 is 2.07 bits per heavy atom. The fourth-order valence-electron chi connectivity index (χ4n) is 4.27. The number of halogens is 1. The minimum Gasteiger partial charge on any atom is -0.459 e. The van der Waals surface area contributed by atoms with Gasteiger partial charge < -0.3 is 14.6 Å². The summed E-state index contributed by atoms with van der Waals surface area (Å²) in [5.74, 6) is -0.205. The van der Waals surface area contributed by atoms with Gasteiger partial charge in [-0.2, -0.15) is 0 Å². The molecule has 0 aliphatic carbocycles. The van der Waals surface area contributed by atoms with Gasteiger partial charge in [0.25, 0.3) is 0 Å². The average molecular weight is 399 g/mol. The van der Waals surface area contributed by atoms with Crippen molar-refractivity contribution in [2.45, 2.75) is 96.6 Å². The van der Waals surface area contributed by atoms with Crippen LogP contribution in [0.25, 0.3) is 0 Å². The number of aliphatic hydroxyl groups is 1. The number of hydrogen-bond acceptors (Lipinski definition) is 4. The van der Waals surface area contributed by atoms with Crippen LogP contribution in [0.2, 0.25) is 0 Å². The van der Waals surface area contributed by atoms with Gasteiger partial charge in [-0.25, -0.2) is 0 Å². The first-order valence-corrected chi connectivity index (χ1v) is 10.6. The molecule has 0 amide bonds. The van der Waals surface area contributed by atoms with Gasteiger partial charge in [-0.3, -0.25) is 4.79 Å². The maximum Gasteiger partial charge on any atom is 0.303 e. The number of carbonyl (C=O) groups is 1. The number of alkyl halides is 1. The lowest BCUT2D eigenvalue weighted by atomic mass is 9.74. The first-order valence-electron chi connectivity index (χ1n) is 10.0. The molecular formula is C22H35ClO4. The van der Waals surface area contributed by atoms with Crippen molar-refractivity contribution >= 4 is 17.6 Å². The Kier molecular flexibility index (Phi) is 7.57. The average Bonchev–Trinajstić information content (AvgIpc) is 2.57. The van der Waals surface area contributed by atoms with E-state index < -0.39 is 11.2 Å². The zero-order chi connectivity index (χ0) is 20.2. The van der Waals surface area contributed by atoms with Gasteiger partial charge in [-0.1, -0.05) is 23.3 Å². The molecule has 1 fully saturated rings. The fourth-order valence-corrected chi connectivity index (χ4v) is 4.47. The van der Waals surface area contributed by atoms with E-state index in [1.807, 2.05) is 6.92 Å². The molecule has 5 heteroatoms. The van der Waals surface area contributed by atoms with E-state index in [1.165, 1.54) is 18.1 Å². The Balaban J connectivity index is 2.40. The molecule has 4 nitrogen and oxygen atoms in total. The van der Waals surface area contributed by atoms with Crippen LogP contribution in [0.3, 0.4) is 0 Å². The summed E-state index contributed by atoms with van der Waals surface area (Å²) in [5, 5.41) is 10.8.